The molecule has 0 spiro atoms. The van der Waals surface area contributed by atoms with Gasteiger partial charge in [0, 0.05) is 0 Å². The average Bonchev–Trinajstić information content (AvgIpc) is 3.59. The van der Waals surface area contributed by atoms with Crippen molar-refractivity contribution in [2.45, 2.75) is 50.1 Å². The Labute approximate surface area is 236 Å². The molecule has 0 saturated carbocycles. The second kappa shape index (κ2) is 9.82. The topological polar surface area (TPSA) is 0 Å². The van der Waals surface area contributed by atoms with E-state index in [4.69, 9.17) is 0 Å². The predicted octanol–water partition coefficient (Wildman–Crippen LogP) is 10.9. The van der Waals surface area contributed by atoms with Crippen LogP contribution in [-0.4, -0.2) is 5.49 Å². The molecule has 4 aromatic rings. The van der Waals surface area contributed by atoms with Crippen LogP contribution in [0.25, 0.3) is 34.4 Å². The van der Waals surface area contributed by atoms with Crippen molar-refractivity contribution in [3.8, 4) is 22.3 Å². The summed E-state index contributed by atoms with van der Waals surface area (Å²) >= 11 is -3.70. The molecule has 0 fully saturated rings. The van der Waals surface area contributed by atoms with Gasteiger partial charge in [-0.2, -0.15) is 0 Å². The second-order valence-electron chi connectivity index (χ2n) is 12.8. The zero-order valence-corrected chi connectivity index (χ0v) is 28.8. The van der Waals surface area contributed by atoms with E-state index in [2.05, 4.69) is 146 Å². The summed E-state index contributed by atoms with van der Waals surface area (Å²) in [6.45, 7) is 9.47. The van der Waals surface area contributed by atoms with Gasteiger partial charge in [0.2, 0.25) is 0 Å². The first-order chi connectivity index (χ1) is 18.7. The van der Waals surface area contributed by atoms with Gasteiger partial charge < -0.3 is 0 Å². The van der Waals surface area contributed by atoms with Crippen LogP contribution in [0, 0.1) is 13.8 Å². The molecular weight excluding hydrogens is 651 g/mol. The number of rotatable bonds is 5. The van der Waals surface area contributed by atoms with Crippen LogP contribution in [0.15, 0.2) is 97.1 Å². The summed E-state index contributed by atoms with van der Waals surface area (Å²) in [5, 5.41) is 0. The second-order valence-corrected chi connectivity index (χ2v) is 60.4. The normalized spacial score (nSPS) is 17.8. The Morgan fingerprint density at radius 1 is 0.615 bits per heavy atom. The monoisotopic (exact) mass is 692 g/mol. The molecule has 2 unspecified atom stereocenters. The summed E-state index contributed by atoms with van der Waals surface area (Å²) in [6.07, 6.45) is 10.2. The molecule has 6 rings (SSSR count). The van der Waals surface area contributed by atoms with Crippen LogP contribution >= 0.6 is 0 Å². The van der Waals surface area contributed by atoms with E-state index >= 15 is 0 Å². The molecule has 0 heterocycles. The number of allylic oxidation sites excluding steroid dienone is 2. The van der Waals surface area contributed by atoms with Crippen molar-refractivity contribution in [2.75, 3.05) is 0 Å². The molecule has 0 aliphatic heterocycles. The standard InChI is InChI=1S/2C16H13.C3H8Si.2CH3.Hf/c2*1-12-8-10-14(11-9-12)16-7-3-5-13-4-2-6-15(13)16;1-3-4-2;;;/h2*2-11H,1H3;3H2,1-2H3;2*1H3;. The maximum atomic E-state index is 2.83. The zero-order valence-electron chi connectivity index (χ0n) is 24.3. The van der Waals surface area contributed by atoms with Gasteiger partial charge in [0.1, 0.15) is 0 Å². The van der Waals surface area contributed by atoms with E-state index < -0.39 is 22.6 Å². The molecule has 2 heteroatoms. The van der Waals surface area contributed by atoms with Crippen molar-refractivity contribution < 1.29 is 17.1 Å². The zero-order chi connectivity index (χ0) is 27.4. The fourth-order valence-electron chi connectivity index (χ4n) is 7.47. The number of fused-ring (bicyclic) bond motifs is 2. The predicted molar refractivity (Wildman–Crippen MR) is 171 cm³/mol. The van der Waals surface area contributed by atoms with E-state index in [0.717, 1.165) is 0 Å². The first-order valence-corrected chi connectivity index (χ1v) is 33.4. The molecule has 2 atom stereocenters. The molecule has 0 amide bonds. The molecular formula is C37H40HfSi. The van der Waals surface area contributed by atoms with Gasteiger partial charge in [-0.05, 0) is 0 Å². The molecule has 0 aromatic heterocycles. The van der Waals surface area contributed by atoms with E-state index in [9.17, 15) is 0 Å². The Morgan fingerprint density at radius 3 is 1.41 bits per heavy atom. The van der Waals surface area contributed by atoms with Gasteiger partial charge in [-0.15, -0.1) is 0 Å². The van der Waals surface area contributed by atoms with E-state index in [1.54, 1.807) is 11.1 Å². The van der Waals surface area contributed by atoms with Gasteiger partial charge >= 0.3 is 238 Å². The quantitative estimate of drug-likeness (QED) is 0.183. The minimum atomic E-state index is -3.70. The fraction of sp³-hybridized carbons (Fsp3) is 0.243. The van der Waals surface area contributed by atoms with Gasteiger partial charge in [0.05, 0.1) is 0 Å². The molecule has 0 bridgehead atoms. The summed E-state index contributed by atoms with van der Waals surface area (Å²) in [7, 11) is 0. The maximum absolute atomic E-state index is 3.70. The molecule has 39 heavy (non-hydrogen) atoms. The Balaban J connectivity index is 1.52. The van der Waals surface area contributed by atoms with E-state index in [-0.39, 0.29) is 0 Å². The number of hydrogen-bond acceptors (Lipinski definition) is 0. The Morgan fingerprint density at radius 2 is 1.03 bits per heavy atom. The third-order valence-electron chi connectivity index (χ3n) is 10.4. The summed E-state index contributed by atoms with van der Waals surface area (Å²) < 4.78 is 6.82. The molecule has 196 valence electrons. The third-order valence-corrected chi connectivity index (χ3v) is 69.4. The van der Waals surface area contributed by atoms with E-state index in [1.807, 2.05) is 0 Å². The molecule has 0 N–H and O–H groups in total. The average molecular weight is 691 g/mol. The van der Waals surface area contributed by atoms with Crippen molar-refractivity contribution in [3.05, 3.63) is 130 Å². The van der Waals surface area contributed by atoms with Crippen LogP contribution in [0.5, 0.6) is 0 Å². The number of aryl methyl sites for hydroxylation is 2. The SMILES string of the molecule is CC[Si](C)=[Hf]([CH3])([CH3])([CH]1C=Cc2c(-c3ccc(C)cc3)cccc21)[CH]1C=Cc2c(-c3ccc(C)cc3)cccc21. The van der Waals surface area contributed by atoms with Crippen LogP contribution in [-0.2, 0) is 17.1 Å². The minimum absolute atomic E-state index is 0.561. The molecule has 4 aromatic carbocycles. The Hall–Kier alpha value is -2.55. The van der Waals surface area contributed by atoms with Crippen molar-refractivity contribution in [1.82, 2.24) is 0 Å². The van der Waals surface area contributed by atoms with Gasteiger partial charge in [-0.1, -0.05) is 0 Å². The molecule has 0 nitrogen and oxygen atoms in total. The van der Waals surface area contributed by atoms with Crippen molar-refractivity contribution in [3.63, 3.8) is 0 Å². The summed E-state index contributed by atoms with van der Waals surface area (Å²) in [5.74, 6) is 0. The van der Waals surface area contributed by atoms with Crippen LogP contribution in [0.3, 0.4) is 0 Å². The Bertz CT molecular complexity index is 1590. The first-order valence-electron chi connectivity index (χ1n) is 14.5. The number of benzene rings is 4. The third kappa shape index (κ3) is 4.18. The van der Waals surface area contributed by atoms with Crippen molar-refractivity contribution in [1.29, 1.82) is 0 Å². The van der Waals surface area contributed by atoms with Crippen LogP contribution < -0.4 is 0 Å². The van der Waals surface area contributed by atoms with Crippen LogP contribution in [0.2, 0.25) is 22.0 Å². The van der Waals surface area contributed by atoms with Crippen LogP contribution in [0.4, 0.5) is 0 Å². The van der Waals surface area contributed by atoms with Crippen molar-refractivity contribution in [2.24, 2.45) is 0 Å². The number of hydrogen-bond donors (Lipinski definition) is 0. The molecule has 0 radical (unpaired) electrons. The van der Waals surface area contributed by atoms with E-state index in [0.29, 0.717) is 7.35 Å². The van der Waals surface area contributed by atoms with Gasteiger partial charge in [0.15, 0.2) is 0 Å². The molecule has 0 saturated heterocycles. The summed E-state index contributed by atoms with van der Waals surface area (Å²) in [6, 6.07) is 33.6. The fourth-order valence-corrected chi connectivity index (χ4v) is 52.3. The van der Waals surface area contributed by atoms with Gasteiger partial charge in [-0.25, -0.2) is 0 Å². The summed E-state index contributed by atoms with van der Waals surface area (Å²) in [5.41, 5.74) is 13.6. The molecule has 2 aliphatic carbocycles. The van der Waals surface area contributed by atoms with Crippen molar-refractivity contribution >= 4 is 17.6 Å². The first kappa shape index (κ1) is 26.7. The Kier molecular flexibility index (Phi) is 6.71. The van der Waals surface area contributed by atoms with Gasteiger partial charge in [0.25, 0.3) is 0 Å². The molecule has 2 aliphatic rings. The van der Waals surface area contributed by atoms with Crippen LogP contribution in [0.1, 0.15) is 47.7 Å². The van der Waals surface area contributed by atoms with E-state index in [1.165, 1.54) is 50.6 Å². The summed E-state index contributed by atoms with van der Waals surface area (Å²) in [4.78, 5) is 0. The van der Waals surface area contributed by atoms with Gasteiger partial charge in [-0.3, -0.25) is 0 Å².